The summed E-state index contributed by atoms with van der Waals surface area (Å²) in [6.45, 7) is 4.10. The van der Waals surface area contributed by atoms with Gasteiger partial charge in [-0.3, -0.25) is 9.59 Å². The largest absolute Gasteiger partial charge is 0.352 e. The second kappa shape index (κ2) is 10.3. The molecule has 2 N–H and O–H groups in total. The topological polar surface area (TPSA) is 82.0 Å². The van der Waals surface area contributed by atoms with Gasteiger partial charge in [0.25, 0.3) is 0 Å². The van der Waals surface area contributed by atoms with Gasteiger partial charge in [-0.25, -0.2) is 0 Å². The number of benzene rings is 2. The molecule has 0 fully saturated rings. The smallest absolute Gasteiger partial charge is 0.234 e. The first-order valence-electron chi connectivity index (χ1n) is 10.9. The zero-order chi connectivity index (χ0) is 25.3. The minimum absolute atomic E-state index is 0.0221. The van der Waals surface area contributed by atoms with Crippen molar-refractivity contribution in [3.63, 3.8) is 0 Å². The first kappa shape index (κ1) is 25.7. The van der Waals surface area contributed by atoms with Crippen molar-refractivity contribution >= 4 is 63.9 Å². The molecule has 1 heterocycles. The quantitative estimate of drug-likeness (QED) is 0.419. The number of carbonyl (C=O) groups is 2. The number of allylic oxidation sites excluding steroid dienone is 3. The molecule has 0 bridgehead atoms. The van der Waals surface area contributed by atoms with E-state index in [-0.39, 0.29) is 22.9 Å². The van der Waals surface area contributed by atoms with Crippen molar-refractivity contribution in [1.82, 2.24) is 5.32 Å². The fourth-order valence-corrected chi connectivity index (χ4v) is 5.72. The number of thioether (sulfide) groups is 1. The summed E-state index contributed by atoms with van der Waals surface area (Å²) in [4.78, 5) is 25.9. The number of halogens is 3. The molecule has 0 saturated carbocycles. The Kier molecular flexibility index (Phi) is 7.54. The molecule has 1 aliphatic carbocycles. The molecule has 1 amide bonds. The third kappa shape index (κ3) is 5.70. The van der Waals surface area contributed by atoms with Gasteiger partial charge in [0.1, 0.15) is 0 Å². The van der Waals surface area contributed by atoms with Gasteiger partial charge in [-0.1, -0.05) is 72.5 Å². The summed E-state index contributed by atoms with van der Waals surface area (Å²) < 4.78 is 0. The van der Waals surface area contributed by atoms with Crippen LogP contribution in [0, 0.1) is 16.7 Å². The van der Waals surface area contributed by atoms with Crippen LogP contribution >= 0.6 is 46.6 Å². The summed E-state index contributed by atoms with van der Waals surface area (Å²) in [6, 6.07) is 14.3. The van der Waals surface area contributed by atoms with Gasteiger partial charge < -0.3 is 10.6 Å². The number of hydrogen-bond acceptors (Lipinski definition) is 5. The third-order valence-electron chi connectivity index (χ3n) is 5.88. The molecule has 35 heavy (non-hydrogen) atoms. The van der Waals surface area contributed by atoms with Gasteiger partial charge >= 0.3 is 0 Å². The molecule has 1 atom stereocenters. The summed E-state index contributed by atoms with van der Waals surface area (Å²) >= 11 is 19.5. The minimum atomic E-state index is -0.523. The number of carbonyl (C=O) groups excluding carboxylic acids is 2. The molecule has 4 rings (SSSR count). The average Bonchev–Trinajstić information content (AvgIpc) is 2.79. The molecule has 180 valence electrons. The average molecular weight is 547 g/mol. The van der Waals surface area contributed by atoms with Crippen LogP contribution in [0.15, 0.2) is 64.3 Å². The first-order valence-corrected chi connectivity index (χ1v) is 13.0. The fourth-order valence-electron chi connectivity index (χ4n) is 4.40. The lowest BCUT2D eigenvalue weighted by Gasteiger charge is -2.39. The van der Waals surface area contributed by atoms with Crippen molar-refractivity contribution in [2.75, 3.05) is 11.1 Å². The second-order valence-corrected chi connectivity index (χ2v) is 11.5. The van der Waals surface area contributed by atoms with Crippen LogP contribution < -0.4 is 10.6 Å². The highest BCUT2D eigenvalue weighted by Crippen LogP contribution is 2.48. The second-order valence-electron chi connectivity index (χ2n) is 9.26. The zero-order valence-electron chi connectivity index (χ0n) is 19.0. The Morgan fingerprint density at radius 2 is 1.83 bits per heavy atom. The van der Waals surface area contributed by atoms with Gasteiger partial charge in [0.15, 0.2) is 5.78 Å². The Bertz CT molecular complexity index is 1310. The molecule has 2 aliphatic rings. The number of amides is 1. The van der Waals surface area contributed by atoms with E-state index in [1.807, 2.05) is 26.0 Å². The van der Waals surface area contributed by atoms with Crippen LogP contribution in [0.1, 0.15) is 38.2 Å². The van der Waals surface area contributed by atoms with Crippen LogP contribution in [-0.4, -0.2) is 17.4 Å². The molecule has 9 heteroatoms. The summed E-state index contributed by atoms with van der Waals surface area (Å²) in [5.74, 6) is -0.767. The molecule has 0 aromatic heterocycles. The lowest BCUT2D eigenvalue weighted by molar-refractivity contribution is -0.118. The van der Waals surface area contributed by atoms with E-state index in [4.69, 9.17) is 34.8 Å². The number of nitrogens with one attached hydrogen (secondary N) is 2. The highest BCUT2D eigenvalue weighted by atomic mass is 35.5. The predicted octanol–water partition coefficient (Wildman–Crippen LogP) is 7.08. The number of dihydropyridines is 1. The number of rotatable bonds is 5. The maximum absolute atomic E-state index is 13.2. The number of nitriles is 1. The maximum atomic E-state index is 13.2. The normalized spacial score (nSPS) is 19.1. The van der Waals surface area contributed by atoms with Crippen molar-refractivity contribution in [3.05, 3.63) is 85.0 Å². The van der Waals surface area contributed by atoms with E-state index in [9.17, 15) is 14.9 Å². The Morgan fingerprint density at radius 1 is 1.14 bits per heavy atom. The van der Waals surface area contributed by atoms with Crippen molar-refractivity contribution in [1.29, 1.82) is 5.26 Å². The van der Waals surface area contributed by atoms with Crippen LogP contribution in [0.25, 0.3) is 0 Å². The molecule has 1 unspecified atom stereocenters. The SMILES string of the molecule is CC1(C)CC(=O)C2=C(C1)NC(SCC(=O)Nc1cc(Cl)ccc1Cl)=C(C#N)C2c1ccc(Cl)cc1. The third-order valence-corrected chi connectivity index (χ3v) is 7.71. The molecular formula is C26H22Cl3N3O2S. The van der Waals surface area contributed by atoms with Crippen molar-refractivity contribution in [2.24, 2.45) is 5.41 Å². The molecule has 0 radical (unpaired) electrons. The van der Waals surface area contributed by atoms with Crippen LogP contribution in [0.5, 0.6) is 0 Å². The zero-order valence-corrected chi connectivity index (χ0v) is 22.1. The Morgan fingerprint density at radius 3 is 2.51 bits per heavy atom. The summed E-state index contributed by atoms with van der Waals surface area (Å²) in [5, 5.41) is 18.2. The number of ketones is 1. The standard InChI is InChI=1S/C26H22Cl3N3O2S/c1-26(2)10-20-24(21(33)11-26)23(14-3-5-15(27)6-4-14)17(12-30)25(32-20)35-13-22(34)31-19-9-16(28)7-8-18(19)29/h3-9,23,32H,10-11,13H2,1-2H3,(H,31,34). The van der Waals surface area contributed by atoms with Crippen molar-refractivity contribution in [3.8, 4) is 6.07 Å². The highest BCUT2D eigenvalue weighted by Gasteiger charge is 2.41. The molecule has 5 nitrogen and oxygen atoms in total. The van der Waals surface area contributed by atoms with E-state index in [2.05, 4.69) is 16.7 Å². The van der Waals surface area contributed by atoms with E-state index in [0.29, 0.717) is 49.8 Å². The predicted molar refractivity (Wildman–Crippen MR) is 143 cm³/mol. The summed E-state index contributed by atoms with van der Waals surface area (Å²) in [6.07, 6.45) is 1.06. The van der Waals surface area contributed by atoms with E-state index >= 15 is 0 Å². The van der Waals surface area contributed by atoms with Gasteiger partial charge in [-0.05, 0) is 47.7 Å². The molecule has 0 spiro atoms. The Balaban J connectivity index is 1.65. The molecule has 1 aliphatic heterocycles. The minimum Gasteiger partial charge on any atom is -0.352 e. The van der Waals surface area contributed by atoms with Crippen LogP contribution in [0.4, 0.5) is 5.69 Å². The van der Waals surface area contributed by atoms with Gasteiger partial charge in [0.05, 0.1) is 39.1 Å². The molecule has 2 aromatic rings. The van der Waals surface area contributed by atoms with E-state index in [1.165, 1.54) is 11.8 Å². The fraction of sp³-hybridized carbons (Fsp3) is 0.269. The number of anilines is 1. The highest BCUT2D eigenvalue weighted by molar-refractivity contribution is 8.03. The first-order chi connectivity index (χ1) is 16.6. The number of hydrogen-bond donors (Lipinski definition) is 2. The van der Waals surface area contributed by atoms with Gasteiger partial charge in [0, 0.05) is 27.7 Å². The Labute approximate surface area is 223 Å². The van der Waals surface area contributed by atoms with Gasteiger partial charge in [-0.15, -0.1) is 0 Å². The van der Waals surface area contributed by atoms with E-state index in [0.717, 1.165) is 11.3 Å². The van der Waals surface area contributed by atoms with Gasteiger partial charge in [-0.2, -0.15) is 5.26 Å². The molecular weight excluding hydrogens is 525 g/mol. The lowest BCUT2D eigenvalue weighted by atomic mass is 9.69. The summed E-state index contributed by atoms with van der Waals surface area (Å²) in [7, 11) is 0. The van der Waals surface area contributed by atoms with Crippen molar-refractivity contribution in [2.45, 2.75) is 32.6 Å². The lowest BCUT2D eigenvalue weighted by Crippen LogP contribution is -2.37. The van der Waals surface area contributed by atoms with Crippen LogP contribution in [0.2, 0.25) is 15.1 Å². The van der Waals surface area contributed by atoms with E-state index in [1.54, 1.807) is 30.3 Å². The Hall–Kier alpha value is -2.43. The molecule has 0 saturated heterocycles. The summed E-state index contributed by atoms with van der Waals surface area (Å²) in [5.41, 5.74) is 2.82. The van der Waals surface area contributed by atoms with Crippen LogP contribution in [-0.2, 0) is 9.59 Å². The number of nitrogens with zero attached hydrogens (tertiary/aromatic N) is 1. The number of Topliss-reactive ketones (excluding diaryl/α,β-unsaturated/α-hetero) is 1. The van der Waals surface area contributed by atoms with E-state index < -0.39 is 5.92 Å². The van der Waals surface area contributed by atoms with Crippen LogP contribution in [0.3, 0.4) is 0 Å². The molecule has 2 aromatic carbocycles. The monoisotopic (exact) mass is 545 g/mol. The van der Waals surface area contributed by atoms with Gasteiger partial charge in [0.2, 0.25) is 5.91 Å². The van der Waals surface area contributed by atoms with Crippen molar-refractivity contribution < 1.29 is 9.59 Å². The maximum Gasteiger partial charge on any atom is 0.234 e.